The highest BCUT2D eigenvalue weighted by atomic mass is 16.6. The molecule has 0 amide bonds. The standard InChI is InChI=1S/C78H130O5/c1-3-5-7-9-11-13-15-17-19-21-23-25-27-29-31-33-34-35-36-37-38-39-40-41-42-43-44-45-47-49-51-53-55-57-59-61-63-65-67-69-71-73-78(81)83-76(74-79)75-82-77(80)72-70-68-66-64-62-60-58-56-54-52-50-48-46-32-30-28-26-24-22-20-18-16-14-12-10-8-6-4-2/h5,7,11,13,17,19,23,25,29,31,34-35,37-38,40-41,43-44,47,49,53,55,59,61,76,79H,3-4,6,8-10,12,14-16,18,20-22,24,26-28,30,32-33,36,39,42,45-46,48,50-52,54,56-58,60,62-75H2,1-2H3/b7-5-,13-11-,19-17-,25-23-,31-29-,35-34-,38-37-,41-40-,44-43-,49-47-,55-53-,61-59-. The van der Waals surface area contributed by atoms with Gasteiger partial charge in [-0.15, -0.1) is 0 Å². The minimum atomic E-state index is -0.795. The molecule has 0 rings (SSSR count). The van der Waals surface area contributed by atoms with Crippen molar-refractivity contribution in [2.24, 2.45) is 0 Å². The largest absolute Gasteiger partial charge is 0.462 e. The van der Waals surface area contributed by atoms with Crippen molar-refractivity contribution in [2.75, 3.05) is 13.2 Å². The molecule has 1 unspecified atom stereocenters. The van der Waals surface area contributed by atoms with Crippen molar-refractivity contribution in [1.82, 2.24) is 0 Å². The van der Waals surface area contributed by atoms with E-state index in [1.54, 1.807) is 0 Å². The van der Waals surface area contributed by atoms with Crippen molar-refractivity contribution in [3.63, 3.8) is 0 Å². The van der Waals surface area contributed by atoms with Gasteiger partial charge in [0.2, 0.25) is 0 Å². The number of esters is 2. The lowest BCUT2D eigenvalue weighted by Gasteiger charge is -2.15. The van der Waals surface area contributed by atoms with E-state index in [0.29, 0.717) is 12.8 Å². The highest BCUT2D eigenvalue weighted by molar-refractivity contribution is 5.70. The molecule has 0 aromatic heterocycles. The smallest absolute Gasteiger partial charge is 0.306 e. The summed E-state index contributed by atoms with van der Waals surface area (Å²) in [6, 6.07) is 0. The summed E-state index contributed by atoms with van der Waals surface area (Å²) >= 11 is 0. The van der Waals surface area contributed by atoms with Crippen LogP contribution in [0.5, 0.6) is 0 Å². The molecular weight excluding hydrogens is 1020 g/mol. The molecule has 0 spiro atoms. The summed E-state index contributed by atoms with van der Waals surface area (Å²) in [6.45, 7) is 4.03. The Morgan fingerprint density at radius 1 is 0.289 bits per heavy atom. The molecule has 0 bridgehead atoms. The lowest BCUT2D eigenvalue weighted by Crippen LogP contribution is -2.28. The maximum atomic E-state index is 12.4. The van der Waals surface area contributed by atoms with Gasteiger partial charge >= 0.3 is 11.9 Å². The Hall–Kier alpha value is -4.22. The molecule has 83 heavy (non-hydrogen) atoms. The maximum absolute atomic E-state index is 12.4. The van der Waals surface area contributed by atoms with E-state index in [1.165, 1.54) is 161 Å². The monoisotopic (exact) mass is 1150 g/mol. The van der Waals surface area contributed by atoms with Crippen LogP contribution in [-0.4, -0.2) is 36.4 Å². The summed E-state index contributed by atoms with van der Waals surface area (Å²) < 4.78 is 10.7. The van der Waals surface area contributed by atoms with E-state index in [0.717, 1.165) is 128 Å². The molecule has 0 aromatic carbocycles. The first-order chi connectivity index (χ1) is 41.1. The molecule has 5 heteroatoms. The zero-order valence-electron chi connectivity index (χ0n) is 54.2. The van der Waals surface area contributed by atoms with Crippen LogP contribution in [0.2, 0.25) is 0 Å². The Morgan fingerprint density at radius 2 is 0.518 bits per heavy atom. The normalized spacial score (nSPS) is 13.1. The molecule has 0 saturated heterocycles. The van der Waals surface area contributed by atoms with Gasteiger partial charge in [-0.3, -0.25) is 9.59 Å². The quantitative estimate of drug-likeness (QED) is 0.0373. The summed E-state index contributed by atoms with van der Waals surface area (Å²) in [6.07, 6.45) is 109. The van der Waals surface area contributed by atoms with Crippen molar-refractivity contribution >= 4 is 11.9 Å². The van der Waals surface area contributed by atoms with E-state index >= 15 is 0 Å². The molecule has 0 aromatic rings. The van der Waals surface area contributed by atoms with Crippen molar-refractivity contribution in [3.8, 4) is 0 Å². The molecule has 0 saturated carbocycles. The predicted molar refractivity (Wildman–Crippen MR) is 366 cm³/mol. The zero-order chi connectivity index (χ0) is 59.8. The highest BCUT2D eigenvalue weighted by Gasteiger charge is 2.16. The number of carbonyl (C=O) groups is 2. The number of rotatable bonds is 63. The summed E-state index contributed by atoms with van der Waals surface area (Å²) in [5.74, 6) is -0.616. The Balaban J connectivity index is 3.59. The summed E-state index contributed by atoms with van der Waals surface area (Å²) in [5.41, 5.74) is 0. The second-order valence-electron chi connectivity index (χ2n) is 22.9. The van der Waals surface area contributed by atoms with Crippen molar-refractivity contribution in [3.05, 3.63) is 146 Å². The first kappa shape index (κ1) is 78.8. The molecule has 0 fully saturated rings. The van der Waals surface area contributed by atoms with E-state index in [9.17, 15) is 14.7 Å². The second-order valence-corrected chi connectivity index (χ2v) is 22.9. The molecule has 0 aliphatic rings. The van der Waals surface area contributed by atoms with Crippen molar-refractivity contribution < 1.29 is 24.2 Å². The number of carbonyl (C=O) groups excluding carboxylic acids is 2. The first-order valence-corrected chi connectivity index (χ1v) is 34.9. The minimum absolute atomic E-state index is 0.0811. The fourth-order valence-corrected chi connectivity index (χ4v) is 9.72. The minimum Gasteiger partial charge on any atom is -0.462 e. The molecule has 5 nitrogen and oxygen atoms in total. The van der Waals surface area contributed by atoms with Crippen molar-refractivity contribution in [1.29, 1.82) is 0 Å². The SMILES string of the molecule is CC/C=C\C/C=C\C/C=C\C/C=C\C/C=C\C/C=C\C/C=C\C/C=C\C/C=C\C/C=C\C/C=C\C/C=C\CCCCCCC(=O)OC(CO)COC(=O)CCCCCCCCCCCCCCCCCCCCCCCCCCCCCC. The van der Waals surface area contributed by atoms with Crippen molar-refractivity contribution in [2.45, 2.75) is 322 Å². The van der Waals surface area contributed by atoms with E-state index in [-0.39, 0.29) is 25.2 Å². The van der Waals surface area contributed by atoms with Crippen LogP contribution in [0.4, 0.5) is 0 Å². The number of hydrogen-bond acceptors (Lipinski definition) is 5. The van der Waals surface area contributed by atoms with Crippen LogP contribution in [0.1, 0.15) is 316 Å². The number of ether oxygens (including phenoxy) is 2. The average Bonchev–Trinajstić information content (AvgIpc) is 3.49. The van der Waals surface area contributed by atoms with Gasteiger partial charge in [0, 0.05) is 12.8 Å². The lowest BCUT2D eigenvalue weighted by atomic mass is 10.0. The third kappa shape index (κ3) is 70.2. The average molecular weight is 1150 g/mol. The third-order valence-corrected chi connectivity index (χ3v) is 14.9. The molecule has 1 N–H and O–H groups in total. The molecule has 0 heterocycles. The van der Waals surface area contributed by atoms with Crippen LogP contribution in [0.15, 0.2) is 146 Å². The molecule has 1 atom stereocenters. The third-order valence-electron chi connectivity index (χ3n) is 14.9. The summed E-state index contributed by atoms with van der Waals surface area (Å²) in [4.78, 5) is 24.6. The molecular formula is C78H130O5. The van der Waals surface area contributed by atoms with Crippen LogP contribution in [-0.2, 0) is 19.1 Å². The zero-order valence-corrected chi connectivity index (χ0v) is 54.2. The van der Waals surface area contributed by atoms with Crippen LogP contribution < -0.4 is 0 Å². The number of aliphatic hydroxyl groups is 1. The van der Waals surface area contributed by atoms with Crippen LogP contribution in [0, 0.1) is 0 Å². The Bertz CT molecular complexity index is 1730. The van der Waals surface area contributed by atoms with Gasteiger partial charge in [-0.1, -0.05) is 346 Å². The first-order valence-electron chi connectivity index (χ1n) is 34.9. The van der Waals surface area contributed by atoms with E-state index in [2.05, 4.69) is 160 Å². The highest BCUT2D eigenvalue weighted by Crippen LogP contribution is 2.17. The van der Waals surface area contributed by atoms with Crippen LogP contribution >= 0.6 is 0 Å². The predicted octanol–water partition coefficient (Wildman–Crippen LogP) is 24.5. The maximum Gasteiger partial charge on any atom is 0.306 e. The van der Waals surface area contributed by atoms with Gasteiger partial charge in [-0.25, -0.2) is 0 Å². The van der Waals surface area contributed by atoms with E-state index < -0.39 is 6.10 Å². The fourth-order valence-electron chi connectivity index (χ4n) is 9.72. The van der Waals surface area contributed by atoms with E-state index in [1.807, 2.05) is 0 Å². The lowest BCUT2D eigenvalue weighted by molar-refractivity contribution is -0.161. The number of aliphatic hydroxyl groups excluding tert-OH is 1. The van der Waals surface area contributed by atoms with Crippen LogP contribution in [0.25, 0.3) is 0 Å². The number of unbranched alkanes of at least 4 members (excludes halogenated alkanes) is 31. The number of hydrogen-bond donors (Lipinski definition) is 1. The molecule has 0 aliphatic heterocycles. The molecule has 0 aliphatic carbocycles. The van der Waals surface area contributed by atoms with Gasteiger partial charge in [0.05, 0.1) is 6.61 Å². The van der Waals surface area contributed by atoms with Gasteiger partial charge in [0.1, 0.15) is 6.61 Å². The van der Waals surface area contributed by atoms with Gasteiger partial charge in [0.25, 0.3) is 0 Å². The molecule has 472 valence electrons. The van der Waals surface area contributed by atoms with Crippen LogP contribution in [0.3, 0.4) is 0 Å². The van der Waals surface area contributed by atoms with Gasteiger partial charge < -0.3 is 14.6 Å². The Kier molecular flexibility index (Phi) is 68.4. The summed E-state index contributed by atoms with van der Waals surface area (Å²) in [7, 11) is 0. The van der Waals surface area contributed by atoms with E-state index in [4.69, 9.17) is 9.47 Å². The molecule has 0 radical (unpaired) electrons. The van der Waals surface area contributed by atoms with Gasteiger partial charge in [0.15, 0.2) is 6.10 Å². The number of allylic oxidation sites excluding steroid dienone is 24. The Labute approximate surface area is 514 Å². The topological polar surface area (TPSA) is 72.8 Å². The van der Waals surface area contributed by atoms with Gasteiger partial charge in [-0.2, -0.15) is 0 Å². The van der Waals surface area contributed by atoms with Gasteiger partial charge in [-0.05, 0) is 103 Å². The fraction of sp³-hybridized carbons (Fsp3) is 0.667. The second kappa shape index (κ2) is 72.0. The Morgan fingerprint density at radius 3 is 0.783 bits per heavy atom. The summed E-state index contributed by atoms with van der Waals surface area (Å²) in [5, 5.41) is 9.69.